The minimum Gasteiger partial charge on any atom is -0.393 e. The van der Waals surface area contributed by atoms with E-state index in [1.807, 2.05) is 18.2 Å². The molecule has 0 unspecified atom stereocenters. The molecule has 7 atom stereocenters. The fraction of sp³-hybridized carbons (Fsp3) is 0.577. The summed E-state index contributed by atoms with van der Waals surface area (Å²) >= 11 is 0. The van der Waals surface area contributed by atoms with Crippen LogP contribution < -0.4 is 0 Å². The zero-order valence-corrected chi connectivity index (χ0v) is 17.0. The molecule has 1 aliphatic heterocycles. The normalized spacial score (nSPS) is 47.2. The number of carbonyl (C=O) groups is 1. The van der Waals surface area contributed by atoms with Gasteiger partial charge in [0.2, 0.25) is 0 Å². The molecule has 29 heavy (non-hydrogen) atoms. The van der Waals surface area contributed by atoms with Gasteiger partial charge in [-0.15, -0.1) is 6.42 Å². The van der Waals surface area contributed by atoms with Crippen LogP contribution in [-0.4, -0.2) is 28.2 Å². The molecule has 1 aromatic rings. The van der Waals surface area contributed by atoms with Crippen molar-refractivity contribution in [3.8, 4) is 12.3 Å². The van der Waals surface area contributed by atoms with Crippen LogP contribution >= 0.6 is 0 Å². The number of benzene rings is 1. The van der Waals surface area contributed by atoms with Crippen molar-refractivity contribution in [2.24, 2.45) is 17.3 Å². The summed E-state index contributed by atoms with van der Waals surface area (Å²) in [5.74, 6) is 4.14. The Morgan fingerprint density at radius 2 is 1.93 bits per heavy atom. The molecule has 0 aromatic heterocycles. The van der Waals surface area contributed by atoms with E-state index in [2.05, 4.69) is 25.0 Å². The Balaban J connectivity index is 1.51. The number of aliphatic hydroxyl groups is 1. The number of hydrogen-bond donors (Lipinski definition) is 1. The summed E-state index contributed by atoms with van der Waals surface area (Å²) in [6.45, 7) is 2.30. The molecule has 0 amide bonds. The Kier molecular flexibility index (Phi) is 3.48. The lowest BCUT2D eigenvalue weighted by molar-refractivity contribution is -0.115. The van der Waals surface area contributed by atoms with Gasteiger partial charge < -0.3 is 9.84 Å². The molecule has 1 heterocycles. The molecule has 4 aliphatic carbocycles. The number of fused-ring (bicyclic) bond motifs is 2. The Labute approximate surface area is 172 Å². The third-order valence-corrected chi connectivity index (χ3v) is 9.27. The van der Waals surface area contributed by atoms with E-state index in [-0.39, 0.29) is 34.4 Å². The van der Waals surface area contributed by atoms with Crippen LogP contribution in [0.25, 0.3) is 0 Å². The van der Waals surface area contributed by atoms with E-state index in [1.54, 1.807) is 0 Å². The first-order chi connectivity index (χ1) is 13.9. The minimum absolute atomic E-state index is 0.0653. The number of rotatable bonds is 1. The van der Waals surface area contributed by atoms with Gasteiger partial charge in [-0.3, -0.25) is 4.79 Å². The largest absolute Gasteiger partial charge is 0.393 e. The quantitative estimate of drug-likeness (QED) is 0.581. The molecule has 6 rings (SSSR count). The highest BCUT2D eigenvalue weighted by atomic mass is 16.6. The first-order valence-corrected chi connectivity index (χ1v) is 11.1. The molecule has 3 heteroatoms. The van der Waals surface area contributed by atoms with E-state index in [0.717, 1.165) is 44.1 Å². The van der Waals surface area contributed by atoms with Crippen molar-refractivity contribution in [3.05, 3.63) is 47.0 Å². The van der Waals surface area contributed by atoms with Gasteiger partial charge in [0.05, 0.1) is 6.10 Å². The topological polar surface area (TPSA) is 49.8 Å². The predicted octanol–water partition coefficient (Wildman–Crippen LogP) is 4.14. The second-order valence-electron chi connectivity index (χ2n) is 10.2. The summed E-state index contributed by atoms with van der Waals surface area (Å²) < 4.78 is 6.88. The summed E-state index contributed by atoms with van der Waals surface area (Å²) in [6.07, 6.45) is 13.6. The average Bonchev–Trinajstić information content (AvgIpc) is 3.32. The molecule has 1 saturated heterocycles. The fourth-order valence-corrected chi connectivity index (χ4v) is 7.92. The van der Waals surface area contributed by atoms with Crippen LogP contribution in [0.4, 0.5) is 0 Å². The third-order valence-electron chi connectivity index (χ3n) is 9.27. The zero-order chi connectivity index (χ0) is 20.0. The number of epoxide rings is 1. The number of ether oxygens (including phenoxy) is 1. The molecule has 0 radical (unpaired) electrons. The lowest BCUT2D eigenvalue weighted by atomic mass is 9.48. The van der Waals surface area contributed by atoms with E-state index >= 15 is 0 Å². The van der Waals surface area contributed by atoms with Gasteiger partial charge in [0.1, 0.15) is 11.2 Å². The lowest BCUT2D eigenvalue weighted by Gasteiger charge is -2.54. The van der Waals surface area contributed by atoms with E-state index in [9.17, 15) is 9.90 Å². The molecular formula is C26H28O3. The molecule has 3 saturated carbocycles. The van der Waals surface area contributed by atoms with Crippen LogP contribution in [0.15, 0.2) is 35.9 Å². The minimum atomic E-state index is -0.256. The van der Waals surface area contributed by atoms with Crippen molar-refractivity contribution in [1.29, 1.82) is 0 Å². The molecule has 3 nitrogen and oxygen atoms in total. The molecule has 5 aliphatic rings. The predicted molar refractivity (Wildman–Crippen MR) is 110 cm³/mol. The van der Waals surface area contributed by atoms with Crippen molar-refractivity contribution >= 4 is 5.78 Å². The van der Waals surface area contributed by atoms with Crippen molar-refractivity contribution in [3.63, 3.8) is 0 Å². The van der Waals surface area contributed by atoms with Gasteiger partial charge in [0.15, 0.2) is 5.78 Å². The first-order valence-electron chi connectivity index (χ1n) is 11.1. The molecule has 150 valence electrons. The Morgan fingerprint density at radius 1 is 1.14 bits per heavy atom. The first kappa shape index (κ1) is 17.9. The molecule has 0 bridgehead atoms. The molecule has 2 spiro atoms. The number of terminal acetylenes is 1. The summed E-state index contributed by atoms with van der Waals surface area (Å²) in [7, 11) is 0. The maximum absolute atomic E-state index is 12.2. The highest BCUT2D eigenvalue weighted by Crippen LogP contribution is 2.78. The number of hydrogen-bond acceptors (Lipinski definition) is 3. The fourth-order valence-electron chi connectivity index (χ4n) is 7.92. The molecule has 1 N–H and O–H groups in total. The van der Waals surface area contributed by atoms with Crippen LogP contribution in [0, 0.1) is 29.6 Å². The highest BCUT2D eigenvalue weighted by Gasteiger charge is 2.82. The maximum atomic E-state index is 12.2. The van der Waals surface area contributed by atoms with E-state index < -0.39 is 0 Å². The average molecular weight is 389 g/mol. The van der Waals surface area contributed by atoms with Crippen molar-refractivity contribution < 1.29 is 14.6 Å². The Bertz CT molecular complexity index is 969. The van der Waals surface area contributed by atoms with Gasteiger partial charge in [-0.1, -0.05) is 25.0 Å². The van der Waals surface area contributed by atoms with Gasteiger partial charge in [-0.05, 0) is 85.1 Å². The van der Waals surface area contributed by atoms with Crippen molar-refractivity contribution in [2.75, 3.05) is 0 Å². The summed E-state index contributed by atoms with van der Waals surface area (Å²) in [4.78, 5) is 12.2. The smallest absolute Gasteiger partial charge is 0.155 e. The zero-order valence-electron chi connectivity index (χ0n) is 17.0. The van der Waals surface area contributed by atoms with Crippen molar-refractivity contribution in [2.45, 2.75) is 75.1 Å². The van der Waals surface area contributed by atoms with Crippen LogP contribution in [0.2, 0.25) is 0 Å². The standard InChI is InChI=1S/C26H28O3/c1-3-16-4-6-17(7-5-16)22-15-24(2)20(10-11-23(24)28)21-9-8-18-14-19(27)12-13-25(18)26(21,22)29-25/h1,4-7,14,20-23,28H,8-13,15H2,2H3/t20-,21-,22+,23-,24-,25-,26-/m0/s1. The lowest BCUT2D eigenvalue weighted by Crippen LogP contribution is -2.56. The number of carbonyl (C=O) groups excluding carboxylic acids is 1. The van der Waals surface area contributed by atoms with Crippen LogP contribution in [0.3, 0.4) is 0 Å². The van der Waals surface area contributed by atoms with Gasteiger partial charge in [-0.2, -0.15) is 0 Å². The van der Waals surface area contributed by atoms with Gasteiger partial charge in [0.25, 0.3) is 0 Å². The van der Waals surface area contributed by atoms with Gasteiger partial charge in [0, 0.05) is 17.9 Å². The SMILES string of the molecule is C#Cc1ccc([C@H]2C[C@]3(C)[C@@H](O)CC[C@H]3[C@@H]3CCC4=CC(=O)CC[C@]45O[C@]235)cc1. The second-order valence-corrected chi connectivity index (χ2v) is 10.2. The summed E-state index contributed by atoms with van der Waals surface area (Å²) in [5.41, 5.74) is 2.85. The number of aliphatic hydroxyl groups excluding tert-OH is 1. The molecular weight excluding hydrogens is 360 g/mol. The second kappa shape index (κ2) is 5.62. The number of ketones is 1. The Hall–Kier alpha value is -1.89. The van der Waals surface area contributed by atoms with Crippen molar-refractivity contribution in [1.82, 2.24) is 0 Å². The summed E-state index contributed by atoms with van der Waals surface area (Å²) in [6, 6.07) is 8.38. The van der Waals surface area contributed by atoms with Gasteiger partial charge >= 0.3 is 0 Å². The molecule has 4 fully saturated rings. The summed E-state index contributed by atoms with van der Waals surface area (Å²) in [5, 5.41) is 11.0. The molecule has 1 aromatic carbocycles. The van der Waals surface area contributed by atoms with Crippen LogP contribution in [-0.2, 0) is 9.53 Å². The highest BCUT2D eigenvalue weighted by molar-refractivity contribution is 5.92. The van der Waals surface area contributed by atoms with E-state index in [0.29, 0.717) is 18.3 Å². The van der Waals surface area contributed by atoms with Gasteiger partial charge in [-0.25, -0.2) is 0 Å². The van der Waals surface area contributed by atoms with E-state index in [1.165, 1.54) is 11.1 Å². The maximum Gasteiger partial charge on any atom is 0.155 e. The van der Waals surface area contributed by atoms with Crippen LogP contribution in [0.5, 0.6) is 0 Å². The van der Waals surface area contributed by atoms with Crippen LogP contribution in [0.1, 0.15) is 68.9 Å². The monoisotopic (exact) mass is 388 g/mol. The third kappa shape index (κ3) is 2.05. The van der Waals surface area contributed by atoms with E-state index in [4.69, 9.17) is 11.2 Å². The Morgan fingerprint density at radius 3 is 2.69 bits per heavy atom.